The lowest BCUT2D eigenvalue weighted by Crippen LogP contribution is -2.23. The number of rotatable bonds is 4. The van der Waals surface area contributed by atoms with Gasteiger partial charge in [0, 0.05) is 23.1 Å². The molecule has 1 amide bonds. The molecule has 2 aromatic heterocycles. The molecule has 20 heavy (non-hydrogen) atoms. The van der Waals surface area contributed by atoms with Crippen LogP contribution >= 0.6 is 11.3 Å². The van der Waals surface area contributed by atoms with Crippen LogP contribution in [0.3, 0.4) is 0 Å². The fourth-order valence-electron chi connectivity index (χ4n) is 1.49. The highest BCUT2D eigenvalue weighted by molar-refractivity contribution is 7.09. The highest BCUT2D eigenvalue weighted by Gasteiger charge is 2.06. The fraction of sp³-hybridized carbons (Fsp3) is 0.200. The molecule has 0 fully saturated rings. The summed E-state index contributed by atoms with van der Waals surface area (Å²) >= 11 is 1.60. The van der Waals surface area contributed by atoms with Gasteiger partial charge in [-0.3, -0.25) is 4.79 Å². The van der Waals surface area contributed by atoms with Crippen LogP contribution in [0.5, 0.6) is 0 Å². The molecule has 0 saturated carbocycles. The number of aromatic nitrogens is 1. The highest BCUT2D eigenvalue weighted by atomic mass is 32.1. The first-order valence-corrected chi connectivity index (χ1v) is 7.04. The van der Waals surface area contributed by atoms with Crippen molar-refractivity contribution in [1.82, 2.24) is 10.3 Å². The first kappa shape index (κ1) is 14.3. The molecule has 0 bridgehead atoms. The zero-order valence-electron chi connectivity index (χ0n) is 10.8. The van der Waals surface area contributed by atoms with Gasteiger partial charge in [-0.15, -0.1) is 11.3 Å². The Morgan fingerprint density at radius 1 is 1.40 bits per heavy atom. The van der Waals surface area contributed by atoms with Gasteiger partial charge in [0.1, 0.15) is 5.69 Å². The summed E-state index contributed by atoms with van der Waals surface area (Å²) in [5.41, 5.74) is 1.10. The van der Waals surface area contributed by atoms with Gasteiger partial charge in [-0.05, 0) is 23.6 Å². The van der Waals surface area contributed by atoms with E-state index in [0.29, 0.717) is 18.7 Å². The summed E-state index contributed by atoms with van der Waals surface area (Å²) in [4.78, 5) is 17.1. The molecule has 4 nitrogen and oxygen atoms in total. The molecule has 102 valence electrons. The number of thiophene rings is 1. The Hall–Kier alpha value is -2.16. The van der Waals surface area contributed by atoms with Gasteiger partial charge in [0.15, 0.2) is 0 Å². The summed E-state index contributed by atoms with van der Waals surface area (Å²) in [7, 11) is 0. The van der Waals surface area contributed by atoms with Crippen LogP contribution < -0.4 is 5.32 Å². The SMILES string of the molecule is O=C(NCc1cccs1)c1ccc(C#CCCO)cn1. The Kier molecular flexibility index (Phi) is 5.30. The Bertz CT molecular complexity index is 610. The van der Waals surface area contributed by atoms with Gasteiger partial charge < -0.3 is 10.4 Å². The van der Waals surface area contributed by atoms with Crippen LogP contribution in [0.15, 0.2) is 35.8 Å². The van der Waals surface area contributed by atoms with E-state index in [-0.39, 0.29) is 12.5 Å². The molecule has 2 N–H and O–H groups in total. The van der Waals surface area contributed by atoms with Crippen LogP contribution in [0.4, 0.5) is 0 Å². The predicted molar refractivity (Wildman–Crippen MR) is 78.3 cm³/mol. The summed E-state index contributed by atoms with van der Waals surface area (Å²) in [5, 5.41) is 13.4. The van der Waals surface area contributed by atoms with Crippen molar-refractivity contribution in [2.24, 2.45) is 0 Å². The van der Waals surface area contributed by atoms with E-state index in [4.69, 9.17) is 5.11 Å². The second-order valence-electron chi connectivity index (χ2n) is 3.97. The number of nitrogens with one attached hydrogen (secondary N) is 1. The van der Waals surface area contributed by atoms with Crippen molar-refractivity contribution in [3.05, 3.63) is 52.0 Å². The van der Waals surface area contributed by atoms with E-state index in [0.717, 1.165) is 10.4 Å². The van der Waals surface area contributed by atoms with Gasteiger partial charge in [0.05, 0.1) is 13.2 Å². The average Bonchev–Trinajstić information content (AvgIpc) is 2.99. The van der Waals surface area contributed by atoms with Gasteiger partial charge in [-0.25, -0.2) is 4.98 Å². The molecule has 2 heterocycles. The molecular weight excluding hydrogens is 272 g/mol. The molecule has 0 aliphatic carbocycles. The molecule has 0 unspecified atom stereocenters. The lowest BCUT2D eigenvalue weighted by atomic mass is 10.2. The van der Waals surface area contributed by atoms with Crippen molar-refractivity contribution in [1.29, 1.82) is 0 Å². The molecule has 0 aliphatic heterocycles. The van der Waals surface area contributed by atoms with E-state index in [1.165, 1.54) is 0 Å². The lowest BCUT2D eigenvalue weighted by Gasteiger charge is -2.02. The molecule has 0 aromatic carbocycles. The second-order valence-corrected chi connectivity index (χ2v) is 5.00. The van der Waals surface area contributed by atoms with Gasteiger partial charge in [-0.2, -0.15) is 0 Å². The number of pyridine rings is 1. The number of amides is 1. The van der Waals surface area contributed by atoms with Gasteiger partial charge in [-0.1, -0.05) is 17.9 Å². The van der Waals surface area contributed by atoms with Crippen LogP contribution in [0.1, 0.15) is 27.3 Å². The second kappa shape index (κ2) is 7.43. The van der Waals surface area contributed by atoms with Crippen molar-refractivity contribution < 1.29 is 9.90 Å². The van der Waals surface area contributed by atoms with Crippen LogP contribution in [-0.4, -0.2) is 22.6 Å². The number of nitrogens with zero attached hydrogens (tertiary/aromatic N) is 1. The predicted octanol–water partition coefficient (Wildman–Crippen LogP) is 1.81. The maximum absolute atomic E-state index is 11.9. The van der Waals surface area contributed by atoms with Crippen LogP contribution in [-0.2, 0) is 6.54 Å². The molecular formula is C15H14N2O2S. The normalized spacial score (nSPS) is 9.65. The molecule has 0 aliphatic rings. The zero-order chi connectivity index (χ0) is 14.2. The summed E-state index contributed by atoms with van der Waals surface area (Å²) in [6.45, 7) is 0.555. The molecule has 2 aromatic rings. The Morgan fingerprint density at radius 2 is 2.30 bits per heavy atom. The van der Waals surface area contributed by atoms with Gasteiger partial charge in [0.25, 0.3) is 5.91 Å². The monoisotopic (exact) mass is 286 g/mol. The number of hydrogen-bond acceptors (Lipinski definition) is 4. The molecule has 0 saturated heterocycles. The van der Waals surface area contributed by atoms with Crippen molar-refractivity contribution in [2.45, 2.75) is 13.0 Å². The number of aliphatic hydroxyl groups excluding tert-OH is 1. The Morgan fingerprint density at radius 3 is 2.95 bits per heavy atom. The number of aliphatic hydroxyl groups is 1. The molecule has 0 spiro atoms. The quantitative estimate of drug-likeness (QED) is 0.843. The number of carbonyl (C=O) groups is 1. The largest absolute Gasteiger partial charge is 0.395 e. The topological polar surface area (TPSA) is 62.2 Å². The Labute approximate surface area is 121 Å². The van der Waals surface area contributed by atoms with Crippen molar-refractivity contribution in [3.63, 3.8) is 0 Å². The van der Waals surface area contributed by atoms with Crippen molar-refractivity contribution in [2.75, 3.05) is 6.61 Å². The first-order chi connectivity index (χ1) is 9.79. The minimum absolute atomic E-state index is 0.0453. The van der Waals surface area contributed by atoms with E-state index in [2.05, 4.69) is 22.1 Å². The summed E-state index contributed by atoms with van der Waals surface area (Å²) in [5.74, 6) is 5.47. The van der Waals surface area contributed by atoms with Crippen molar-refractivity contribution >= 4 is 17.2 Å². The third kappa shape index (κ3) is 4.19. The van der Waals surface area contributed by atoms with Gasteiger partial charge >= 0.3 is 0 Å². The standard InChI is InChI=1S/C15H14N2O2S/c18-8-2-1-4-12-6-7-14(16-10-12)15(19)17-11-13-5-3-9-20-13/h3,5-7,9-10,18H,2,8,11H2,(H,17,19). The maximum atomic E-state index is 11.9. The Balaban J connectivity index is 1.92. The van der Waals surface area contributed by atoms with E-state index >= 15 is 0 Å². The van der Waals surface area contributed by atoms with Crippen LogP contribution in [0.25, 0.3) is 0 Å². The maximum Gasteiger partial charge on any atom is 0.270 e. The van der Waals surface area contributed by atoms with Crippen molar-refractivity contribution in [3.8, 4) is 11.8 Å². The minimum Gasteiger partial charge on any atom is -0.395 e. The number of carbonyl (C=O) groups excluding carboxylic acids is 1. The summed E-state index contributed by atoms with van der Waals surface area (Å²) < 4.78 is 0. The fourth-order valence-corrected chi connectivity index (χ4v) is 2.14. The van der Waals surface area contributed by atoms with E-state index in [9.17, 15) is 4.79 Å². The highest BCUT2D eigenvalue weighted by Crippen LogP contribution is 2.08. The zero-order valence-corrected chi connectivity index (χ0v) is 11.6. The van der Waals surface area contributed by atoms with Crippen LogP contribution in [0.2, 0.25) is 0 Å². The third-order valence-electron chi connectivity index (χ3n) is 2.47. The molecule has 0 atom stereocenters. The smallest absolute Gasteiger partial charge is 0.270 e. The molecule has 2 rings (SSSR count). The molecule has 5 heteroatoms. The average molecular weight is 286 g/mol. The van der Waals surface area contributed by atoms with E-state index < -0.39 is 0 Å². The van der Waals surface area contributed by atoms with Crippen LogP contribution in [0, 0.1) is 11.8 Å². The lowest BCUT2D eigenvalue weighted by molar-refractivity contribution is 0.0946. The first-order valence-electron chi connectivity index (χ1n) is 6.16. The number of hydrogen-bond donors (Lipinski definition) is 2. The molecule has 0 radical (unpaired) electrons. The summed E-state index contributed by atoms with van der Waals surface area (Å²) in [6, 6.07) is 7.31. The summed E-state index contributed by atoms with van der Waals surface area (Å²) in [6.07, 6.45) is 1.99. The van der Waals surface area contributed by atoms with Gasteiger partial charge in [0.2, 0.25) is 0 Å². The van der Waals surface area contributed by atoms with E-state index in [1.807, 2.05) is 17.5 Å². The van der Waals surface area contributed by atoms with E-state index in [1.54, 1.807) is 29.7 Å². The minimum atomic E-state index is -0.201. The third-order valence-corrected chi connectivity index (χ3v) is 3.35.